The highest BCUT2D eigenvalue weighted by Crippen LogP contribution is 2.37. The zero-order chi connectivity index (χ0) is 30.3. The number of hydrogen-bond acceptors (Lipinski definition) is 9. The molecule has 2 aliphatic heterocycles. The molecule has 1 saturated heterocycles. The van der Waals surface area contributed by atoms with Gasteiger partial charge in [0, 0.05) is 54.6 Å². The Morgan fingerprint density at radius 2 is 1.98 bits per heavy atom. The van der Waals surface area contributed by atoms with Crippen molar-refractivity contribution in [3.8, 4) is 0 Å². The first-order valence-corrected chi connectivity index (χ1v) is 14.4. The van der Waals surface area contributed by atoms with Crippen molar-refractivity contribution in [2.24, 2.45) is 4.99 Å². The summed E-state index contributed by atoms with van der Waals surface area (Å²) in [5.74, 6) is 1.20. The van der Waals surface area contributed by atoms with Crippen LogP contribution in [0.5, 0.6) is 0 Å². The van der Waals surface area contributed by atoms with Crippen LogP contribution in [0.4, 0.5) is 11.6 Å². The molecule has 1 aromatic carbocycles. The molecule has 0 radical (unpaired) electrons. The molecular formula is C30H41N11O. The fourth-order valence-electron chi connectivity index (χ4n) is 6.40. The number of H-pyrrole nitrogens is 1. The summed E-state index contributed by atoms with van der Waals surface area (Å²) >= 11 is 0. The molecule has 42 heavy (non-hydrogen) atoms. The van der Waals surface area contributed by atoms with E-state index in [1.807, 2.05) is 70.0 Å². The molecule has 2 aliphatic rings. The standard InChI is InChI=1S/C30H41N11O/c1-10-21(14-25(31-8)39-16-18(3)40(11-2)19(4)17-39)27-23-15-22(12-13-24(23)33-34-27)32-28(42)26-20(5)38(9)29-35-36-37-41(29)30(26,6)7/h10,12-15,18-19H,8,11,16-17H2,1-7,9H3,(H,32,42)(H,33,34)/b21-10+,25-14+/t18-,19+. The molecule has 12 nitrogen and oxygen atoms in total. The molecule has 222 valence electrons. The molecule has 2 aromatic heterocycles. The van der Waals surface area contributed by atoms with Crippen molar-refractivity contribution in [3.63, 3.8) is 0 Å². The van der Waals surface area contributed by atoms with E-state index in [2.05, 4.69) is 73.3 Å². The Morgan fingerprint density at radius 3 is 2.62 bits per heavy atom. The van der Waals surface area contributed by atoms with E-state index in [4.69, 9.17) is 0 Å². The highest BCUT2D eigenvalue weighted by molar-refractivity contribution is 6.07. The Bertz CT molecular complexity index is 1600. The van der Waals surface area contributed by atoms with Crippen molar-refractivity contribution in [1.82, 2.24) is 40.2 Å². The van der Waals surface area contributed by atoms with Gasteiger partial charge in [0.15, 0.2) is 0 Å². The second-order valence-electron chi connectivity index (χ2n) is 11.6. The quantitative estimate of drug-likeness (QED) is 0.322. The largest absolute Gasteiger partial charge is 0.354 e. The zero-order valence-electron chi connectivity index (χ0n) is 25.8. The Labute approximate surface area is 246 Å². The summed E-state index contributed by atoms with van der Waals surface area (Å²) in [6.07, 6.45) is 4.08. The first-order chi connectivity index (χ1) is 20.0. The van der Waals surface area contributed by atoms with Gasteiger partial charge in [-0.25, -0.2) is 9.67 Å². The summed E-state index contributed by atoms with van der Waals surface area (Å²) in [7, 11) is 1.85. The molecule has 2 atom stereocenters. The lowest BCUT2D eigenvalue weighted by atomic mass is 9.89. The number of amides is 1. The number of allylic oxidation sites excluding steroid dienone is 4. The monoisotopic (exact) mass is 571 g/mol. The number of rotatable bonds is 7. The van der Waals surface area contributed by atoms with Crippen LogP contribution in [0, 0.1) is 0 Å². The second kappa shape index (κ2) is 11.2. The maximum Gasteiger partial charge on any atom is 0.255 e. The summed E-state index contributed by atoms with van der Waals surface area (Å²) in [5, 5.41) is 23.9. The SMILES string of the molecule is C=N/C(=C\C(=C/C)c1n[nH]c2ccc(NC(=O)C3=C(C)N(C)c4nnnn4C3(C)C)cc12)N1C[C@@H](C)N(CC)[C@@H](C)C1. The lowest BCUT2D eigenvalue weighted by molar-refractivity contribution is -0.113. The number of aliphatic imine (C=N–C) groups is 1. The minimum Gasteiger partial charge on any atom is -0.354 e. The van der Waals surface area contributed by atoms with Gasteiger partial charge in [-0.2, -0.15) is 5.10 Å². The third-order valence-corrected chi connectivity index (χ3v) is 8.63. The molecular weight excluding hydrogens is 530 g/mol. The molecule has 0 saturated carbocycles. The first kappa shape index (κ1) is 29.2. The van der Waals surface area contributed by atoms with Crippen molar-refractivity contribution in [1.29, 1.82) is 0 Å². The summed E-state index contributed by atoms with van der Waals surface area (Å²) in [6, 6.07) is 6.58. The topological polar surface area (TPSA) is 123 Å². The van der Waals surface area contributed by atoms with E-state index in [1.54, 1.807) is 4.68 Å². The number of fused-ring (bicyclic) bond motifs is 2. The van der Waals surface area contributed by atoms with Gasteiger partial charge in [0.2, 0.25) is 5.95 Å². The third-order valence-electron chi connectivity index (χ3n) is 8.63. The summed E-state index contributed by atoms with van der Waals surface area (Å²) in [5.41, 5.74) is 3.88. The van der Waals surface area contributed by atoms with Crippen LogP contribution in [0.25, 0.3) is 16.5 Å². The number of tetrazole rings is 1. The van der Waals surface area contributed by atoms with Crippen molar-refractivity contribution in [3.05, 3.63) is 53.1 Å². The average molecular weight is 572 g/mol. The predicted octanol–water partition coefficient (Wildman–Crippen LogP) is 4.01. The van der Waals surface area contributed by atoms with E-state index in [1.165, 1.54) is 0 Å². The molecule has 3 aromatic rings. The lowest BCUT2D eigenvalue weighted by Crippen LogP contribution is -2.55. The van der Waals surface area contributed by atoms with Gasteiger partial charge in [-0.15, -0.1) is 0 Å². The number of aromatic nitrogens is 6. The number of aromatic amines is 1. The van der Waals surface area contributed by atoms with Crippen molar-refractivity contribution >= 4 is 40.7 Å². The number of carbonyl (C=O) groups is 1. The first-order valence-electron chi connectivity index (χ1n) is 14.4. The Hall–Kier alpha value is -4.32. The van der Waals surface area contributed by atoms with Gasteiger partial charge >= 0.3 is 0 Å². The number of likely N-dealkylation sites (N-methyl/N-ethyl adjacent to an activating group) is 1. The van der Waals surface area contributed by atoms with Gasteiger partial charge in [-0.05, 0) is 89.5 Å². The Kier molecular flexibility index (Phi) is 7.76. The molecule has 0 bridgehead atoms. The number of hydrogen-bond donors (Lipinski definition) is 2. The van der Waals surface area contributed by atoms with Crippen LogP contribution in [-0.4, -0.2) is 91.6 Å². The number of piperazine rings is 1. The van der Waals surface area contributed by atoms with Crippen LogP contribution >= 0.6 is 0 Å². The van der Waals surface area contributed by atoms with Gasteiger partial charge in [0.25, 0.3) is 5.91 Å². The second-order valence-corrected chi connectivity index (χ2v) is 11.6. The van der Waals surface area contributed by atoms with E-state index in [0.29, 0.717) is 29.3 Å². The highest BCUT2D eigenvalue weighted by atomic mass is 16.1. The number of benzene rings is 1. The smallest absolute Gasteiger partial charge is 0.255 e. The van der Waals surface area contributed by atoms with E-state index in [-0.39, 0.29) is 5.91 Å². The van der Waals surface area contributed by atoms with Crippen LogP contribution in [-0.2, 0) is 10.3 Å². The fraction of sp³-hybridized carbons (Fsp3) is 0.467. The molecule has 1 fully saturated rings. The summed E-state index contributed by atoms with van der Waals surface area (Å²) in [4.78, 5) is 24.8. The molecule has 4 heterocycles. The van der Waals surface area contributed by atoms with Crippen molar-refractivity contribution in [2.45, 2.75) is 66.1 Å². The highest BCUT2D eigenvalue weighted by Gasteiger charge is 2.41. The van der Waals surface area contributed by atoms with Crippen LogP contribution in [0.3, 0.4) is 0 Å². The Balaban J connectivity index is 1.44. The zero-order valence-corrected chi connectivity index (χ0v) is 25.8. The van der Waals surface area contributed by atoms with Gasteiger partial charge in [0.1, 0.15) is 5.82 Å². The average Bonchev–Trinajstić information content (AvgIpc) is 3.61. The van der Waals surface area contributed by atoms with E-state index in [9.17, 15) is 4.79 Å². The number of nitrogens with one attached hydrogen (secondary N) is 2. The maximum absolute atomic E-state index is 13.7. The van der Waals surface area contributed by atoms with E-state index < -0.39 is 5.54 Å². The minimum absolute atomic E-state index is 0.214. The van der Waals surface area contributed by atoms with E-state index >= 15 is 0 Å². The number of carbonyl (C=O) groups excluding carboxylic acids is 1. The lowest BCUT2D eigenvalue weighted by Gasteiger charge is -2.44. The molecule has 5 rings (SSSR count). The number of anilines is 2. The Morgan fingerprint density at radius 1 is 1.26 bits per heavy atom. The molecule has 0 unspecified atom stereocenters. The van der Waals surface area contributed by atoms with Crippen LogP contribution in [0.15, 0.2) is 52.4 Å². The van der Waals surface area contributed by atoms with Gasteiger partial charge in [-0.3, -0.25) is 14.8 Å². The molecule has 0 spiro atoms. The van der Waals surface area contributed by atoms with Gasteiger partial charge in [0.05, 0.1) is 22.3 Å². The molecule has 2 N–H and O–H groups in total. The van der Waals surface area contributed by atoms with Crippen LogP contribution in [0.1, 0.15) is 54.2 Å². The number of nitrogens with zero attached hydrogens (tertiary/aromatic N) is 9. The third kappa shape index (κ3) is 4.89. The predicted molar refractivity (Wildman–Crippen MR) is 167 cm³/mol. The van der Waals surface area contributed by atoms with Gasteiger partial charge in [-0.1, -0.05) is 18.1 Å². The van der Waals surface area contributed by atoms with Crippen LogP contribution < -0.4 is 10.2 Å². The van der Waals surface area contributed by atoms with Crippen molar-refractivity contribution in [2.75, 3.05) is 36.9 Å². The molecule has 1 amide bonds. The summed E-state index contributed by atoms with van der Waals surface area (Å²) in [6.45, 7) is 21.2. The van der Waals surface area contributed by atoms with E-state index in [0.717, 1.165) is 53.3 Å². The maximum atomic E-state index is 13.7. The van der Waals surface area contributed by atoms with Gasteiger partial charge < -0.3 is 15.1 Å². The normalized spacial score (nSPS) is 21.6. The molecule has 0 aliphatic carbocycles. The van der Waals surface area contributed by atoms with Crippen molar-refractivity contribution < 1.29 is 4.79 Å². The fourth-order valence-corrected chi connectivity index (χ4v) is 6.40. The summed E-state index contributed by atoms with van der Waals surface area (Å²) < 4.78 is 1.67. The van der Waals surface area contributed by atoms with Crippen LogP contribution in [0.2, 0.25) is 0 Å². The molecule has 12 heteroatoms. The minimum atomic E-state index is -0.737.